The first kappa shape index (κ1) is 18.9. The fourth-order valence-electron chi connectivity index (χ4n) is 4.33. The van der Waals surface area contributed by atoms with Crippen LogP contribution in [0.15, 0.2) is 30.3 Å². The molecule has 0 bridgehead atoms. The van der Waals surface area contributed by atoms with Crippen molar-refractivity contribution >= 4 is 11.9 Å². The van der Waals surface area contributed by atoms with Crippen LogP contribution in [0.4, 0.5) is 4.79 Å². The van der Waals surface area contributed by atoms with Gasteiger partial charge in [-0.1, -0.05) is 37.3 Å². The Kier molecular flexibility index (Phi) is 5.66. The number of piperidine rings is 1. The van der Waals surface area contributed by atoms with Crippen molar-refractivity contribution in [3.05, 3.63) is 35.9 Å². The second-order valence-electron chi connectivity index (χ2n) is 7.54. The molecule has 2 saturated heterocycles. The van der Waals surface area contributed by atoms with E-state index in [1.165, 1.54) is 10.5 Å². The Bertz CT molecular complexity index is 638. The van der Waals surface area contributed by atoms with Crippen molar-refractivity contribution in [2.24, 2.45) is 0 Å². The largest absolute Gasteiger partial charge is 0.327 e. The molecule has 0 aliphatic carbocycles. The minimum Gasteiger partial charge on any atom is -0.309 e. The number of hydrogen-bond donors (Lipinski definition) is 0. The van der Waals surface area contributed by atoms with Crippen LogP contribution in [0.25, 0.3) is 0 Å². The highest BCUT2D eigenvalue weighted by Crippen LogP contribution is 2.37. The highest BCUT2D eigenvalue weighted by atomic mass is 16.2. The maximum Gasteiger partial charge on any atom is 0.327 e. The SMILES string of the molecule is CC[C@@H](C)N1CCC2(CC1)C(=O)N(CC)C(=O)N2CCc1ccccc1. The van der Waals surface area contributed by atoms with Gasteiger partial charge < -0.3 is 9.80 Å². The second kappa shape index (κ2) is 7.78. The third-order valence-electron chi connectivity index (χ3n) is 6.24. The van der Waals surface area contributed by atoms with E-state index in [9.17, 15) is 9.59 Å². The Morgan fingerprint density at radius 1 is 1.08 bits per heavy atom. The quantitative estimate of drug-likeness (QED) is 0.735. The van der Waals surface area contributed by atoms with Gasteiger partial charge in [0, 0.05) is 32.2 Å². The fraction of sp³-hybridized carbons (Fsp3) is 0.619. The van der Waals surface area contributed by atoms with Crippen molar-refractivity contribution in [3.63, 3.8) is 0 Å². The average Bonchev–Trinajstić information content (AvgIpc) is 2.87. The van der Waals surface area contributed by atoms with Crippen LogP contribution in [-0.2, 0) is 11.2 Å². The zero-order valence-electron chi connectivity index (χ0n) is 16.3. The van der Waals surface area contributed by atoms with Gasteiger partial charge in [0.05, 0.1) is 0 Å². The van der Waals surface area contributed by atoms with E-state index in [0.717, 1.165) is 38.8 Å². The molecule has 2 fully saturated rings. The first-order valence-corrected chi connectivity index (χ1v) is 9.95. The van der Waals surface area contributed by atoms with Crippen molar-refractivity contribution in [1.29, 1.82) is 0 Å². The van der Waals surface area contributed by atoms with Gasteiger partial charge >= 0.3 is 6.03 Å². The van der Waals surface area contributed by atoms with Crippen molar-refractivity contribution < 1.29 is 9.59 Å². The molecule has 0 saturated carbocycles. The summed E-state index contributed by atoms with van der Waals surface area (Å²) in [6, 6.07) is 10.6. The van der Waals surface area contributed by atoms with Gasteiger partial charge in [0.25, 0.3) is 5.91 Å². The number of urea groups is 1. The molecule has 0 radical (unpaired) electrons. The molecule has 2 aliphatic rings. The minimum absolute atomic E-state index is 0.0156. The molecular formula is C21H31N3O2. The van der Waals surface area contributed by atoms with E-state index in [0.29, 0.717) is 19.1 Å². The Labute approximate surface area is 156 Å². The molecule has 1 aromatic rings. The van der Waals surface area contributed by atoms with Gasteiger partial charge in [0.1, 0.15) is 5.54 Å². The van der Waals surface area contributed by atoms with Gasteiger partial charge in [-0.3, -0.25) is 9.69 Å². The molecule has 0 aromatic heterocycles. The molecule has 3 rings (SSSR count). The van der Waals surface area contributed by atoms with E-state index < -0.39 is 5.54 Å². The lowest BCUT2D eigenvalue weighted by atomic mass is 9.85. The Hall–Kier alpha value is -1.88. The molecule has 1 aromatic carbocycles. The van der Waals surface area contributed by atoms with Crippen LogP contribution in [0.1, 0.15) is 45.6 Å². The zero-order chi connectivity index (χ0) is 18.7. The van der Waals surface area contributed by atoms with Crippen LogP contribution >= 0.6 is 0 Å². The molecule has 1 atom stereocenters. The van der Waals surface area contributed by atoms with Crippen LogP contribution in [0.2, 0.25) is 0 Å². The van der Waals surface area contributed by atoms with Crippen molar-refractivity contribution in [2.75, 3.05) is 26.2 Å². The summed E-state index contributed by atoms with van der Waals surface area (Å²) in [6.45, 7) is 9.15. The lowest BCUT2D eigenvalue weighted by Crippen LogP contribution is -2.58. The predicted molar refractivity (Wildman–Crippen MR) is 103 cm³/mol. The lowest BCUT2D eigenvalue weighted by Gasteiger charge is -2.44. The number of carbonyl (C=O) groups excluding carboxylic acids is 2. The van der Waals surface area contributed by atoms with E-state index in [2.05, 4.69) is 30.9 Å². The first-order chi connectivity index (χ1) is 12.5. The number of benzene rings is 1. The summed E-state index contributed by atoms with van der Waals surface area (Å²) >= 11 is 0. The van der Waals surface area contributed by atoms with Gasteiger partial charge in [-0.05, 0) is 45.1 Å². The van der Waals surface area contributed by atoms with Gasteiger partial charge in [-0.15, -0.1) is 0 Å². The summed E-state index contributed by atoms with van der Waals surface area (Å²) in [5, 5.41) is 0. The summed E-state index contributed by atoms with van der Waals surface area (Å²) in [4.78, 5) is 31.8. The molecule has 2 aliphatic heterocycles. The Morgan fingerprint density at radius 2 is 1.73 bits per heavy atom. The maximum absolute atomic E-state index is 13.1. The molecule has 0 unspecified atom stereocenters. The number of amides is 3. The minimum atomic E-state index is -0.633. The molecule has 5 nitrogen and oxygen atoms in total. The fourth-order valence-corrected chi connectivity index (χ4v) is 4.33. The molecule has 2 heterocycles. The Morgan fingerprint density at radius 3 is 2.31 bits per heavy atom. The average molecular weight is 357 g/mol. The number of carbonyl (C=O) groups is 2. The van der Waals surface area contributed by atoms with E-state index in [-0.39, 0.29) is 11.9 Å². The third-order valence-corrected chi connectivity index (χ3v) is 6.24. The van der Waals surface area contributed by atoms with Gasteiger partial charge in [-0.25, -0.2) is 4.79 Å². The molecule has 1 spiro atoms. The smallest absolute Gasteiger partial charge is 0.309 e. The number of likely N-dealkylation sites (N-methyl/N-ethyl adjacent to an activating group) is 1. The molecule has 3 amide bonds. The lowest BCUT2D eigenvalue weighted by molar-refractivity contribution is -0.135. The monoisotopic (exact) mass is 357 g/mol. The first-order valence-electron chi connectivity index (χ1n) is 9.95. The van der Waals surface area contributed by atoms with Gasteiger partial charge in [0.15, 0.2) is 0 Å². The number of hydrogen-bond acceptors (Lipinski definition) is 3. The van der Waals surface area contributed by atoms with Crippen molar-refractivity contribution in [2.45, 2.75) is 58.0 Å². The summed E-state index contributed by atoms with van der Waals surface area (Å²) in [5.41, 5.74) is 0.571. The number of nitrogens with zero attached hydrogens (tertiary/aromatic N) is 3. The number of rotatable bonds is 6. The number of likely N-dealkylation sites (tertiary alicyclic amines) is 1. The normalized spacial score (nSPS) is 21.7. The summed E-state index contributed by atoms with van der Waals surface area (Å²) in [5.74, 6) is 0.0156. The van der Waals surface area contributed by atoms with Gasteiger partial charge in [-0.2, -0.15) is 0 Å². The molecule has 0 N–H and O–H groups in total. The van der Waals surface area contributed by atoms with Crippen LogP contribution in [0.5, 0.6) is 0 Å². The second-order valence-corrected chi connectivity index (χ2v) is 7.54. The highest BCUT2D eigenvalue weighted by Gasteiger charge is 2.57. The summed E-state index contributed by atoms with van der Waals surface area (Å²) in [6.07, 6.45) is 3.38. The molecular weight excluding hydrogens is 326 g/mol. The van der Waals surface area contributed by atoms with E-state index in [1.54, 1.807) is 0 Å². The summed E-state index contributed by atoms with van der Waals surface area (Å²) in [7, 11) is 0. The van der Waals surface area contributed by atoms with E-state index >= 15 is 0 Å². The van der Waals surface area contributed by atoms with Crippen LogP contribution in [0, 0.1) is 0 Å². The van der Waals surface area contributed by atoms with Crippen LogP contribution in [-0.4, -0.2) is 64.4 Å². The van der Waals surface area contributed by atoms with Crippen LogP contribution < -0.4 is 0 Å². The summed E-state index contributed by atoms with van der Waals surface area (Å²) < 4.78 is 0. The van der Waals surface area contributed by atoms with Gasteiger partial charge in [0.2, 0.25) is 0 Å². The number of imide groups is 1. The maximum atomic E-state index is 13.1. The van der Waals surface area contributed by atoms with E-state index in [4.69, 9.17) is 0 Å². The molecule has 26 heavy (non-hydrogen) atoms. The highest BCUT2D eigenvalue weighted by molar-refractivity contribution is 6.07. The topological polar surface area (TPSA) is 43.9 Å². The van der Waals surface area contributed by atoms with Crippen LogP contribution in [0.3, 0.4) is 0 Å². The van der Waals surface area contributed by atoms with Crippen molar-refractivity contribution in [1.82, 2.24) is 14.7 Å². The standard InChI is InChI=1S/C21H31N3O2/c1-4-17(3)22-15-12-21(13-16-22)19(25)23(5-2)20(26)24(21)14-11-18-9-7-6-8-10-18/h6-10,17H,4-5,11-16H2,1-3H3/t17-/m1/s1. The van der Waals surface area contributed by atoms with E-state index in [1.807, 2.05) is 30.0 Å². The molecule has 5 heteroatoms. The molecule has 142 valence electrons. The van der Waals surface area contributed by atoms with Crippen molar-refractivity contribution in [3.8, 4) is 0 Å². The Balaban J connectivity index is 1.78. The zero-order valence-corrected chi connectivity index (χ0v) is 16.3. The predicted octanol–water partition coefficient (Wildman–Crippen LogP) is 3.15. The third kappa shape index (κ3) is 3.25.